The second kappa shape index (κ2) is 5.21. The summed E-state index contributed by atoms with van der Waals surface area (Å²) in [6.07, 6.45) is 1.38. The van der Waals surface area contributed by atoms with Crippen molar-refractivity contribution in [2.24, 2.45) is 0 Å². The standard InChI is InChI=1S/C11H8Cl2N2O2/c1-16-7-2-4-8(5-3-7)17-10-9(12)6-14-11(13)15-10/h2-6H,1H3. The van der Waals surface area contributed by atoms with Crippen LogP contribution in [0.3, 0.4) is 0 Å². The van der Waals surface area contributed by atoms with Crippen LogP contribution in [-0.2, 0) is 0 Å². The first-order chi connectivity index (χ1) is 8.19. The Morgan fingerprint density at radius 3 is 2.35 bits per heavy atom. The number of halogens is 2. The molecule has 0 aliphatic rings. The van der Waals surface area contributed by atoms with Crippen molar-refractivity contribution in [1.29, 1.82) is 0 Å². The zero-order valence-corrected chi connectivity index (χ0v) is 10.4. The molecule has 0 aliphatic heterocycles. The predicted octanol–water partition coefficient (Wildman–Crippen LogP) is 3.58. The lowest BCUT2D eigenvalue weighted by Gasteiger charge is -2.06. The van der Waals surface area contributed by atoms with Crippen molar-refractivity contribution < 1.29 is 9.47 Å². The minimum atomic E-state index is 0.0814. The number of aromatic nitrogens is 2. The molecule has 0 N–H and O–H groups in total. The molecule has 0 unspecified atom stereocenters. The van der Waals surface area contributed by atoms with Gasteiger partial charge in [-0.25, -0.2) is 4.98 Å². The van der Waals surface area contributed by atoms with E-state index >= 15 is 0 Å². The highest BCUT2D eigenvalue weighted by molar-refractivity contribution is 6.32. The van der Waals surface area contributed by atoms with Crippen LogP contribution in [0.1, 0.15) is 0 Å². The molecule has 2 rings (SSSR count). The fourth-order valence-corrected chi connectivity index (χ4v) is 1.41. The fraction of sp³-hybridized carbons (Fsp3) is 0.0909. The molecule has 0 atom stereocenters. The lowest BCUT2D eigenvalue weighted by Crippen LogP contribution is -1.91. The van der Waals surface area contributed by atoms with Gasteiger partial charge in [-0.2, -0.15) is 4.98 Å². The van der Waals surface area contributed by atoms with E-state index in [1.807, 2.05) is 0 Å². The summed E-state index contributed by atoms with van der Waals surface area (Å²) in [4.78, 5) is 7.61. The number of nitrogens with zero attached hydrogens (tertiary/aromatic N) is 2. The number of rotatable bonds is 3. The van der Waals surface area contributed by atoms with Gasteiger partial charge in [0.25, 0.3) is 0 Å². The van der Waals surface area contributed by atoms with Crippen molar-refractivity contribution in [2.75, 3.05) is 7.11 Å². The van der Waals surface area contributed by atoms with E-state index in [9.17, 15) is 0 Å². The maximum absolute atomic E-state index is 5.87. The monoisotopic (exact) mass is 270 g/mol. The Balaban J connectivity index is 2.22. The highest BCUT2D eigenvalue weighted by Gasteiger charge is 2.06. The summed E-state index contributed by atoms with van der Waals surface area (Å²) < 4.78 is 10.5. The van der Waals surface area contributed by atoms with Crippen LogP contribution < -0.4 is 9.47 Å². The fourth-order valence-electron chi connectivity index (χ4n) is 1.16. The molecule has 6 heteroatoms. The van der Waals surface area contributed by atoms with E-state index in [0.717, 1.165) is 5.75 Å². The van der Waals surface area contributed by atoms with E-state index in [-0.39, 0.29) is 11.2 Å². The molecular formula is C11H8Cl2N2O2. The molecule has 0 spiro atoms. The molecule has 4 nitrogen and oxygen atoms in total. The molecule has 17 heavy (non-hydrogen) atoms. The van der Waals surface area contributed by atoms with E-state index in [0.29, 0.717) is 10.8 Å². The van der Waals surface area contributed by atoms with Crippen LogP contribution in [-0.4, -0.2) is 17.1 Å². The molecule has 1 aromatic heterocycles. The highest BCUT2D eigenvalue weighted by atomic mass is 35.5. The number of ether oxygens (including phenoxy) is 2. The van der Waals surface area contributed by atoms with Crippen molar-refractivity contribution >= 4 is 23.2 Å². The molecule has 1 heterocycles. The first-order valence-corrected chi connectivity index (χ1v) is 5.44. The molecule has 0 bridgehead atoms. The summed E-state index contributed by atoms with van der Waals surface area (Å²) in [5.74, 6) is 1.54. The molecule has 1 aromatic carbocycles. The third kappa shape index (κ3) is 2.99. The molecule has 0 radical (unpaired) electrons. The Morgan fingerprint density at radius 1 is 1.06 bits per heavy atom. The third-order valence-corrected chi connectivity index (χ3v) is 2.40. The van der Waals surface area contributed by atoms with E-state index in [1.165, 1.54) is 6.20 Å². The SMILES string of the molecule is COc1ccc(Oc2nc(Cl)ncc2Cl)cc1. The maximum atomic E-state index is 5.87. The van der Waals surface area contributed by atoms with Crippen LogP contribution in [0.5, 0.6) is 17.4 Å². The van der Waals surface area contributed by atoms with Gasteiger partial charge in [-0.3, -0.25) is 0 Å². The number of hydrogen-bond acceptors (Lipinski definition) is 4. The van der Waals surface area contributed by atoms with Crippen molar-refractivity contribution in [3.63, 3.8) is 0 Å². The summed E-state index contributed by atoms with van der Waals surface area (Å²) in [6.45, 7) is 0. The molecule has 88 valence electrons. The molecule has 2 aromatic rings. The molecule has 0 amide bonds. The second-order valence-electron chi connectivity index (χ2n) is 3.07. The Hall–Kier alpha value is -1.52. The highest BCUT2D eigenvalue weighted by Crippen LogP contribution is 2.28. The summed E-state index contributed by atoms with van der Waals surface area (Å²) in [5, 5.41) is 0.378. The van der Waals surface area contributed by atoms with Crippen molar-refractivity contribution in [3.8, 4) is 17.4 Å². The normalized spacial score (nSPS) is 10.1. The first-order valence-electron chi connectivity index (χ1n) is 4.69. The minimum absolute atomic E-state index is 0.0814. The number of methoxy groups -OCH3 is 1. The van der Waals surface area contributed by atoms with E-state index < -0.39 is 0 Å². The van der Waals surface area contributed by atoms with Gasteiger partial charge < -0.3 is 9.47 Å². The zero-order chi connectivity index (χ0) is 12.3. The lowest BCUT2D eigenvalue weighted by molar-refractivity contribution is 0.412. The Kier molecular flexibility index (Phi) is 3.66. The van der Waals surface area contributed by atoms with Gasteiger partial charge in [0.15, 0.2) is 0 Å². The topological polar surface area (TPSA) is 44.2 Å². The summed E-state index contributed by atoms with van der Waals surface area (Å²) in [5.41, 5.74) is 0. The van der Waals surface area contributed by atoms with Crippen LogP contribution in [0, 0.1) is 0 Å². The van der Waals surface area contributed by atoms with Gasteiger partial charge in [0.05, 0.1) is 13.3 Å². The Morgan fingerprint density at radius 2 is 1.71 bits per heavy atom. The smallest absolute Gasteiger partial charge is 0.242 e. The largest absolute Gasteiger partial charge is 0.497 e. The van der Waals surface area contributed by atoms with Crippen LogP contribution in [0.2, 0.25) is 10.3 Å². The zero-order valence-electron chi connectivity index (χ0n) is 8.85. The second-order valence-corrected chi connectivity index (χ2v) is 3.81. The van der Waals surface area contributed by atoms with Gasteiger partial charge in [0.2, 0.25) is 11.2 Å². The van der Waals surface area contributed by atoms with Crippen LogP contribution in [0.4, 0.5) is 0 Å². The summed E-state index contributed by atoms with van der Waals surface area (Å²) in [6, 6.07) is 7.02. The van der Waals surface area contributed by atoms with Crippen molar-refractivity contribution in [3.05, 3.63) is 40.8 Å². The van der Waals surface area contributed by atoms with Crippen molar-refractivity contribution in [2.45, 2.75) is 0 Å². The average molecular weight is 271 g/mol. The van der Waals surface area contributed by atoms with Crippen molar-refractivity contribution in [1.82, 2.24) is 9.97 Å². The van der Waals surface area contributed by atoms with E-state index in [2.05, 4.69) is 9.97 Å². The van der Waals surface area contributed by atoms with Crippen LogP contribution in [0.25, 0.3) is 0 Å². The Labute approximate surface area is 108 Å². The summed E-state index contributed by atoms with van der Waals surface area (Å²) in [7, 11) is 1.59. The van der Waals surface area contributed by atoms with Crippen LogP contribution in [0.15, 0.2) is 30.5 Å². The number of hydrogen-bond donors (Lipinski definition) is 0. The molecule has 0 fully saturated rings. The van der Waals surface area contributed by atoms with Gasteiger partial charge in [0, 0.05) is 0 Å². The molecule has 0 saturated heterocycles. The minimum Gasteiger partial charge on any atom is -0.497 e. The van der Waals surface area contributed by atoms with Crippen LogP contribution >= 0.6 is 23.2 Å². The van der Waals surface area contributed by atoms with Gasteiger partial charge in [-0.1, -0.05) is 11.6 Å². The van der Waals surface area contributed by atoms with Gasteiger partial charge in [0.1, 0.15) is 16.5 Å². The van der Waals surface area contributed by atoms with E-state index in [4.69, 9.17) is 32.7 Å². The first kappa shape index (κ1) is 12.0. The quantitative estimate of drug-likeness (QED) is 0.800. The van der Waals surface area contributed by atoms with Gasteiger partial charge in [-0.05, 0) is 35.9 Å². The lowest BCUT2D eigenvalue weighted by atomic mass is 10.3. The molecule has 0 aliphatic carbocycles. The maximum Gasteiger partial charge on any atom is 0.242 e. The third-order valence-electron chi connectivity index (χ3n) is 1.96. The summed E-state index contributed by atoms with van der Waals surface area (Å²) >= 11 is 11.5. The van der Waals surface area contributed by atoms with Gasteiger partial charge in [-0.15, -0.1) is 0 Å². The van der Waals surface area contributed by atoms with Gasteiger partial charge >= 0.3 is 0 Å². The Bertz CT molecular complexity index is 517. The predicted molar refractivity (Wildman–Crippen MR) is 65.1 cm³/mol. The molecular weight excluding hydrogens is 263 g/mol. The molecule has 0 saturated carbocycles. The number of benzene rings is 1. The average Bonchev–Trinajstić information content (AvgIpc) is 2.35. The van der Waals surface area contributed by atoms with E-state index in [1.54, 1.807) is 31.4 Å².